The Morgan fingerprint density at radius 2 is 1.82 bits per heavy atom. The lowest BCUT2D eigenvalue weighted by Crippen LogP contribution is -2.42. The van der Waals surface area contributed by atoms with Crippen molar-refractivity contribution in [2.24, 2.45) is 0 Å². The minimum Gasteiger partial charge on any atom is -0.323 e. The van der Waals surface area contributed by atoms with Gasteiger partial charge in [-0.1, -0.05) is 12.1 Å². The molecule has 0 aromatic heterocycles. The summed E-state index contributed by atoms with van der Waals surface area (Å²) in [5.41, 5.74) is 1.51. The van der Waals surface area contributed by atoms with Crippen molar-refractivity contribution in [2.75, 3.05) is 28.3 Å². The van der Waals surface area contributed by atoms with Gasteiger partial charge in [-0.25, -0.2) is 0 Å². The van der Waals surface area contributed by atoms with Crippen LogP contribution < -0.4 is 15.5 Å². The smallest absolute Gasteiger partial charge is 0.282 e. The van der Waals surface area contributed by atoms with Crippen LogP contribution in [-0.4, -0.2) is 35.4 Å². The van der Waals surface area contributed by atoms with Gasteiger partial charge in [0.1, 0.15) is 12.1 Å². The predicted octanol–water partition coefficient (Wildman–Crippen LogP) is 4.17. The number of nitro groups is 1. The van der Waals surface area contributed by atoms with Gasteiger partial charge in [0.05, 0.1) is 16.3 Å². The second-order valence-electron chi connectivity index (χ2n) is 7.13. The summed E-state index contributed by atoms with van der Waals surface area (Å²) in [6.07, 6.45) is 1.81. The fourth-order valence-electron chi connectivity index (χ4n) is 3.45. The number of benzene rings is 3. The van der Waals surface area contributed by atoms with Gasteiger partial charge in [0.2, 0.25) is 5.91 Å². The highest BCUT2D eigenvalue weighted by molar-refractivity contribution is 7.98. The van der Waals surface area contributed by atoms with E-state index in [9.17, 15) is 24.5 Å². The van der Waals surface area contributed by atoms with Gasteiger partial charge in [0, 0.05) is 22.2 Å². The molecular formula is C23H18N4O5S. The van der Waals surface area contributed by atoms with E-state index in [0.29, 0.717) is 22.6 Å². The second kappa shape index (κ2) is 9.13. The van der Waals surface area contributed by atoms with Crippen molar-refractivity contribution < 1.29 is 19.3 Å². The highest BCUT2D eigenvalue weighted by Crippen LogP contribution is 2.30. The summed E-state index contributed by atoms with van der Waals surface area (Å²) in [6.45, 7) is -0.107. The molecule has 1 heterocycles. The molecule has 33 heavy (non-hydrogen) atoms. The summed E-state index contributed by atoms with van der Waals surface area (Å²) in [4.78, 5) is 50.5. The third-order valence-electron chi connectivity index (χ3n) is 5.05. The number of anilines is 3. The van der Waals surface area contributed by atoms with Crippen molar-refractivity contribution in [3.8, 4) is 0 Å². The number of rotatable bonds is 5. The molecular weight excluding hydrogens is 444 g/mol. The topological polar surface area (TPSA) is 122 Å². The van der Waals surface area contributed by atoms with E-state index >= 15 is 0 Å². The summed E-state index contributed by atoms with van der Waals surface area (Å²) in [7, 11) is 0. The zero-order valence-corrected chi connectivity index (χ0v) is 18.2. The van der Waals surface area contributed by atoms with Gasteiger partial charge in [-0.15, -0.1) is 11.8 Å². The third kappa shape index (κ3) is 4.55. The number of fused-ring (bicyclic) bond motifs is 1. The van der Waals surface area contributed by atoms with Crippen LogP contribution in [-0.2, 0) is 4.79 Å². The van der Waals surface area contributed by atoms with Crippen molar-refractivity contribution in [3.63, 3.8) is 0 Å². The number of amides is 3. The normalized spacial score (nSPS) is 12.5. The van der Waals surface area contributed by atoms with Gasteiger partial charge in [-0.3, -0.25) is 29.4 Å². The minimum atomic E-state index is -0.627. The van der Waals surface area contributed by atoms with Crippen LogP contribution >= 0.6 is 11.8 Å². The first kappa shape index (κ1) is 22.0. The lowest BCUT2D eigenvalue weighted by atomic mass is 10.1. The standard InChI is InChI=1S/C23H18N4O5S/c1-33-16-10-11-19(27(31)32)17(12-16)22(29)24-15-8-6-14(7-9-15)23(30)26-13-21(28)25-18-4-2-3-5-20(18)26/h2-12H,13H2,1H3,(H,24,29)(H,25,28). The van der Waals surface area contributed by atoms with Crippen molar-refractivity contribution in [3.05, 3.63) is 88.0 Å². The monoisotopic (exact) mass is 462 g/mol. The van der Waals surface area contributed by atoms with Gasteiger partial charge in [-0.05, 0) is 54.8 Å². The van der Waals surface area contributed by atoms with E-state index in [1.54, 1.807) is 30.3 Å². The van der Waals surface area contributed by atoms with Gasteiger partial charge in [0.25, 0.3) is 17.5 Å². The summed E-state index contributed by atoms with van der Waals surface area (Å²) < 4.78 is 0. The highest BCUT2D eigenvalue weighted by atomic mass is 32.2. The maximum Gasteiger partial charge on any atom is 0.282 e. The molecule has 0 fully saturated rings. The maximum absolute atomic E-state index is 13.0. The van der Waals surface area contributed by atoms with Crippen LogP contribution in [0, 0.1) is 10.1 Å². The molecule has 4 rings (SSSR count). The van der Waals surface area contributed by atoms with Crippen molar-refractivity contribution in [1.82, 2.24) is 0 Å². The molecule has 166 valence electrons. The van der Waals surface area contributed by atoms with E-state index in [1.807, 2.05) is 6.26 Å². The van der Waals surface area contributed by atoms with Crippen LogP contribution in [0.5, 0.6) is 0 Å². The number of nitrogens with one attached hydrogen (secondary N) is 2. The molecule has 3 amide bonds. The SMILES string of the molecule is CSc1ccc([N+](=O)[O-])c(C(=O)Nc2ccc(C(=O)N3CC(=O)Nc4ccccc43)cc2)c1. The Bertz CT molecular complexity index is 1280. The summed E-state index contributed by atoms with van der Waals surface area (Å²) >= 11 is 1.37. The number of hydrogen-bond acceptors (Lipinski definition) is 6. The fraction of sp³-hybridized carbons (Fsp3) is 0.0870. The Hall–Kier alpha value is -4.18. The number of nitro benzene ring substituents is 1. The van der Waals surface area contributed by atoms with E-state index < -0.39 is 10.8 Å². The van der Waals surface area contributed by atoms with E-state index in [-0.39, 0.29) is 29.6 Å². The number of para-hydroxylation sites is 2. The van der Waals surface area contributed by atoms with E-state index in [2.05, 4.69) is 10.6 Å². The molecule has 0 unspecified atom stereocenters. The minimum absolute atomic E-state index is 0.0528. The zero-order valence-electron chi connectivity index (χ0n) is 17.4. The second-order valence-corrected chi connectivity index (χ2v) is 8.01. The molecule has 0 aliphatic carbocycles. The number of nitrogens with zero attached hydrogens (tertiary/aromatic N) is 2. The van der Waals surface area contributed by atoms with E-state index in [4.69, 9.17) is 0 Å². The molecule has 0 saturated heterocycles. The number of thioether (sulfide) groups is 1. The Morgan fingerprint density at radius 1 is 1.09 bits per heavy atom. The van der Waals surface area contributed by atoms with E-state index in [0.717, 1.165) is 4.90 Å². The first-order chi connectivity index (χ1) is 15.9. The molecule has 0 saturated carbocycles. The van der Waals surface area contributed by atoms with Crippen LogP contribution in [0.2, 0.25) is 0 Å². The number of carbonyl (C=O) groups is 3. The maximum atomic E-state index is 13.0. The Morgan fingerprint density at radius 3 is 2.52 bits per heavy atom. The van der Waals surface area contributed by atoms with Crippen molar-refractivity contribution >= 4 is 52.2 Å². The molecule has 0 bridgehead atoms. The Kier molecular flexibility index (Phi) is 6.09. The van der Waals surface area contributed by atoms with E-state index in [1.165, 1.54) is 53.1 Å². The zero-order chi connectivity index (χ0) is 23.5. The Balaban J connectivity index is 1.54. The summed E-state index contributed by atoms with van der Waals surface area (Å²) in [5, 5.41) is 16.7. The van der Waals surface area contributed by atoms with Gasteiger partial charge in [0.15, 0.2) is 0 Å². The molecule has 3 aromatic rings. The highest BCUT2D eigenvalue weighted by Gasteiger charge is 2.27. The summed E-state index contributed by atoms with van der Waals surface area (Å²) in [6, 6.07) is 17.5. The average molecular weight is 462 g/mol. The molecule has 9 nitrogen and oxygen atoms in total. The van der Waals surface area contributed by atoms with Gasteiger partial charge >= 0.3 is 0 Å². The molecule has 1 aliphatic heterocycles. The largest absolute Gasteiger partial charge is 0.323 e. The molecule has 0 atom stereocenters. The summed E-state index contributed by atoms with van der Waals surface area (Å²) in [5.74, 6) is -1.28. The van der Waals surface area contributed by atoms with Gasteiger partial charge in [-0.2, -0.15) is 0 Å². The quantitative estimate of drug-likeness (QED) is 0.333. The third-order valence-corrected chi connectivity index (χ3v) is 5.78. The lowest BCUT2D eigenvalue weighted by Gasteiger charge is -2.29. The van der Waals surface area contributed by atoms with Gasteiger partial charge < -0.3 is 10.6 Å². The lowest BCUT2D eigenvalue weighted by molar-refractivity contribution is -0.385. The Labute approximate surface area is 192 Å². The number of hydrogen-bond donors (Lipinski definition) is 2. The van der Waals surface area contributed by atoms with Crippen LogP contribution in [0.1, 0.15) is 20.7 Å². The first-order valence-corrected chi connectivity index (χ1v) is 11.0. The van der Waals surface area contributed by atoms with Crippen molar-refractivity contribution in [2.45, 2.75) is 4.90 Å². The van der Waals surface area contributed by atoms with Crippen LogP contribution in [0.25, 0.3) is 0 Å². The van der Waals surface area contributed by atoms with Crippen LogP contribution in [0.3, 0.4) is 0 Å². The van der Waals surface area contributed by atoms with Crippen LogP contribution in [0.4, 0.5) is 22.7 Å². The predicted molar refractivity (Wildman–Crippen MR) is 126 cm³/mol. The number of carbonyl (C=O) groups excluding carboxylic acids is 3. The molecule has 1 aliphatic rings. The molecule has 0 radical (unpaired) electrons. The molecule has 10 heteroatoms. The molecule has 2 N–H and O–H groups in total. The van der Waals surface area contributed by atoms with Crippen LogP contribution in [0.15, 0.2) is 71.6 Å². The average Bonchev–Trinajstić information content (AvgIpc) is 2.83. The fourth-order valence-corrected chi connectivity index (χ4v) is 3.89. The first-order valence-electron chi connectivity index (χ1n) is 9.82. The van der Waals surface area contributed by atoms with Crippen molar-refractivity contribution in [1.29, 1.82) is 0 Å². The molecule has 3 aromatic carbocycles. The molecule has 0 spiro atoms.